The summed E-state index contributed by atoms with van der Waals surface area (Å²) in [5.41, 5.74) is -5.06. The van der Waals surface area contributed by atoms with Crippen molar-refractivity contribution in [1.29, 1.82) is 0 Å². The van der Waals surface area contributed by atoms with E-state index in [0.29, 0.717) is 44.3 Å². The molecule has 0 spiro atoms. The predicted octanol–water partition coefficient (Wildman–Crippen LogP) is 28.3. The van der Waals surface area contributed by atoms with Crippen LogP contribution < -0.4 is 0 Å². The molecule has 2 N–H and O–H groups in total. The van der Waals surface area contributed by atoms with Crippen molar-refractivity contribution in [3.63, 3.8) is 0 Å². The molecule has 0 aliphatic heterocycles. The first-order chi connectivity index (χ1) is 59.2. The van der Waals surface area contributed by atoms with Gasteiger partial charge in [-0.15, -0.1) is 5.10 Å². The molecule has 20 nitrogen and oxygen atoms in total. The maximum atomic E-state index is 14.8. The van der Waals surface area contributed by atoms with Gasteiger partial charge in [-0.05, 0) is 59.3 Å². The Kier molecular flexibility index (Phi) is 76.8. The summed E-state index contributed by atoms with van der Waals surface area (Å²) in [6.45, 7) is 10.3. The van der Waals surface area contributed by atoms with E-state index in [9.17, 15) is 38.1 Å². The molecule has 1 heterocycles. The lowest BCUT2D eigenvalue weighted by Gasteiger charge is -2.32. The molecule has 0 saturated heterocycles. The van der Waals surface area contributed by atoms with Crippen molar-refractivity contribution in [1.82, 2.24) is 15.0 Å². The van der Waals surface area contributed by atoms with Crippen molar-refractivity contribution in [2.24, 2.45) is 16.2 Å². The predicted molar refractivity (Wildman–Crippen MR) is 497 cm³/mol. The molecule has 0 fully saturated rings. The summed E-state index contributed by atoms with van der Waals surface area (Å²) < 4.78 is 54.3. The molecule has 122 heavy (non-hydrogen) atoms. The fraction of sp³-hybridized carbons (Fsp3) is 0.911. The second-order valence-electron chi connectivity index (χ2n) is 37.4. The fourth-order valence-electron chi connectivity index (χ4n) is 15.7. The van der Waals surface area contributed by atoms with Crippen molar-refractivity contribution in [3.8, 4) is 0 Å². The summed E-state index contributed by atoms with van der Waals surface area (Å²) in [4.78, 5) is 117. The van der Waals surface area contributed by atoms with Gasteiger partial charge in [-0.25, -0.2) is 0 Å². The first-order valence-corrected chi connectivity index (χ1v) is 53.0. The Balaban J connectivity index is 3.42. The highest BCUT2D eigenvalue weighted by Gasteiger charge is 2.46. The molecule has 21 heteroatoms. The lowest BCUT2D eigenvalue weighted by molar-refractivity contribution is -0.182. The smallest absolute Gasteiger partial charge is 0.325 e. The van der Waals surface area contributed by atoms with Gasteiger partial charge < -0.3 is 42.9 Å². The third-order valence-corrected chi connectivity index (χ3v) is 25.3. The van der Waals surface area contributed by atoms with Crippen molar-refractivity contribution < 1.29 is 81.1 Å². The minimum Gasteiger partial charge on any atom is -0.464 e. The minimum atomic E-state index is -3.96. The van der Waals surface area contributed by atoms with Gasteiger partial charge in [0, 0.05) is 38.4 Å². The zero-order valence-electron chi connectivity index (χ0n) is 79.9. The van der Waals surface area contributed by atoms with E-state index in [2.05, 4.69) is 38.0 Å². The number of rotatable bonds is 93. The number of hydrogen-bond acceptors (Lipinski definition) is 17. The van der Waals surface area contributed by atoms with Crippen LogP contribution in [0.15, 0.2) is 6.20 Å². The van der Waals surface area contributed by atoms with E-state index < -0.39 is 105 Å². The number of unbranched alkanes of at least 4 members (excludes halogenated alkanes) is 64. The maximum Gasteiger partial charge on any atom is 0.325 e. The van der Waals surface area contributed by atoms with Crippen LogP contribution in [0.2, 0.25) is 0 Å². The number of nitrogens with zero attached hydrogens (tertiary/aromatic N) is 3. The molecule has 1 aromatic rings. The Hall–Kier alpha value is -4.42. The van der Waals surface area contributed by atoms with Crippen LogP contribution in [0.25, 0.3) is 0 Å². The van der Waals surface area contributed by atoms with Crippen LogP contribution in [-0.2, 0) is 84.4 Å². The SMILES string of the molecule is CCCCCCCCCCCCCCCCCC(=O)OCC(C)(COC(=O)CCCCCCCCCCCCCCCCC)C(=O)OCC(C)(COC(=O)C(C)(COC(=O)CCCCCCCCCCCCCCCCC)COC(=O)CCCCCCCCCCCCCCCCC)C(=O)OCc1cn(CCCCCCCCCCCP(=O)(O)O)nn1. The van der Waals surface area contributed by atoms with E-state index in [0.717, 1.165) is 154 Å². The summed E-state index contributed by atoms with van der Waals surface area (Å²) in [6, 6.07) is 0. The molecule has 0 aliphatic carbocycles. The van der Waals surface area contributed by atoms with Crippen molar-refractivity contribution in [2.45, 2.75) is 530 Å². The van der Waals surface area contributed by atoms with Crippen LogP contribution >= 0.6 is 7.60 Å². The van der Waals surface area contributed by atoms with Crippen LogP contribution in [-0.4, -0.2) is 112 Å². The van der Waals surface area contributed by atoms with Gasteiger partial charge in [0.25, 0.3) is 0 Å². The third kappa shape index (κ3) is 70.6. The molecule has 0 aliphatic rings. The van der Waals surface area contributed by atoms with Gasteiger partial charge in [0.15, 0.2) is 0 Å². The number of esters is 7. The Morgan fingerprint density at radius 3 is 0.689 bits per heavy atom. The van der Waals surface area contributed by atoms with Gasteiger partial charge in [-0.3, -0.25) is 42.8 Å². The van der Waals surface area contributed by atoms with Crippen LogP contribution in [0, 0.1) is 16.2 Å². The second-order valence-corrected chi connectivity index (χ2v) is 39.2. The Bertz CT molecular complexity index is 2480. The van der Waals surface area contributed by atoms with Gasteiger partial charge in [0.2, 0.25) is 0 Å². The maximum absolute atomic E-state index is 14.8. The van der Waals surface area contributed by atoms with E-state index in [1.54, 1.807) is 10.9 Å². The summed E-state index contributed by atoms with van der Waals surface area (Å²) >= 11 is 0. The van der Waals surface area contributed by atoms with Gasteiger partial charge in [0.1, 0.15) is 68.2 Å². The molecule has 0 radical (unpaired) electrons. The Morgan fingerprint density at radius 2 is 0.467 bits per heavy atom. The fourth-order valence-corrected chi connectivity index (χ4v) is 16.4. The monoisotopic (exact) mass is 1750 g/mol. The molecular weight excluding hydrogens is 1560 g/mol. The number of hydrogen-bond donors (Lipinski definition) is 2. The Morgan fingerprint density at radius 1 is 0.279 bits per heavy atom. The van der Waals surface area contributed by atoms with E-state index in [4.69, 9.17) is 42.9 Å². The van der Waals surface area contributed by atoms with Crippen LogP contribution in [0.4, 0.5) is 0 Å². The highest BCUT2D eigenvalue weighted by Crippen LogP contribution is 2.36. The largest absolute Gasteiger partial charge is 0.464 e. The van der Waals surface area contributed by atoms with E-state index in [1.165, 1.54) is 278 Å². The number of aryl methyl sites for hydroxylation is 1. The van der Waals surface area contributed by atoms with Gasteiger partial charge in [-0.1, -0.05) is 437 Å². The average molecular weight is 1750 g/mol. The molecular formula is C101H188N3O17P. The van der Waals surface area contributed by atoms with Crippen LogP contribution in [0.1, 0.15) is 523 Å². The van der Waals surface area contributed by atoms with E-state index in [-0.39, 0.29) is 38.5 Å². The zero-order chi connectivity index (χ0) is 89.2. The normalized spacial score (nSPS) is 12.0. The van der Waals surface area contributed by atoms with Gasteiger partial charge >= 0.3 is 49.4 Å². The molecule has 0 bridgehead atoms. The first kappa shape index (κ1) is 116. The topological polar surface area (TPSA) is 272 Å². The summed E-state index contributed by atoms with van der Waals surface area (Å²) in [5, 5.41) is 8.56. The van der Waals surface area contributed by atoms with Crippen molar-refractivity contribution in [3.05, 3.63) is 11.9 Å². The number of aromatic nitrogens is 3. The molecule has 0 saturated carbocycles. The third-order valence-electron chi connectivity index (χ3n) is 24.4. The second kappa shape index (κ2) is 81.1. The average Bonchev–Trinajstić information content (AvgIpc) is 0.964. The van der Waals surface area contributed by atoms with Gasteiger partial charge in [0.05, 0.1) is 6.20 Å². The molecule has 0 unspecified atom stereocenters. The molecule has 0 amide bonds. The minimum absolute atomic E-state index is 0.0703. The van der Waals surface area contributed by atoms with Crippen LogP contribution in [0.3, 0.4) is 0 Å². The molecule has 1 rings (SSSR count). The standard InChI is InChI=1S/C101H188N3O17P/c1-8-12-16-20-24-28-32-36-40-44-48-53-59-65-71-77-92(105)116-85-99(5,86-117-93(106)78-72-66-60-54-49-45-41-37-33-29-25-21-17-13-9-2)97(110)120-89-101(7,96(109)115-84-91-83-104(103-102-91)81-75-69-63-57-52-58-64-70-76-82-122(112,113)114)90-121-98(111)100(6,87-118-94(107)79-73-67-61-55-50-46-42-38-34-30-26-22-18-14-10-3)88-119-95(108)80-74-68-62-56-51-47-43-39-35-31-27-23-19-15-11-4/h83H,8-82,84-90H2,1-7H3,(H2,112,113,114). The summed E-state index contributed by atoms with van der Waals surface area (Å²) in [7, 11) is -3.96. The lowest BCUT2D eigenvalue weighted by Crippen LogP contribution is -2.46. The number of carbonyl (C=O) groups excluding carboxylic acids is 7. The van der Waals surface area contributed by atoms with E-state index in [1.807, 2.05) is 0 Å². The number of ether oxygens (including phenoxy) is 7. The first-order valence-electron chi connectivity index (χ1n) is 51.2. The van der Waals surface area contributed by atoms with Gasteiger partial charge in [-0.2, -0.15) is 0 Å². The van der Waals surface area contributed by atoms with E-state index >= 15 is 0 Å². The highest BCUT2D eigenvalue weighted by atomic mass is 31.2. The van der Waals surface area contributed by atoms with Crippen molar-refractivity contribution >= 4 is 49.4 Å². The zero-order valence-corrected chi connectivity index (χ0v) is 80.8. The molecule has 0 atom stereocenters. The molecule has 1 aromatic heterocycles. The Labute approximate surface area is 745 Å². The summed E-state index contributed by atoms with van der Waals surface area (Å²) in [6.07, 6.45) is 81.2. The lowest BCUT2D eigenvalue weighted by atomic mass is 9.90. The quantitative estimate of drug-likeness (QED) is 0.0265. The molecule has 0 aromatic carbocycles. The molecule has 714 valence electrons. The number of carbonyl (C=O) groups is 7. The van der Waals surface area contributed by atoms with Crippen molar-refractivity contribution in [2.75, 3.05) is 45.8 Å². The highest BCUT2D eigenvalue weighted by molar-refractivity contribution is 7.51. The van der Waals surface area contributed by atoms with Crippen LogP contribution in [0.5, 0.6) is 0 Å². The summed E-state index contributed by atoms with van der Waals surface area (Å²) in [5.74, 6) is -4.82.